The quantitative estimate of drug-likeness (QED) is 0.872. The third kappa shape index (κ3) is 3.73. The molecule has 7 heteroatoms. The van der Waals surface area contributed by atoms with Crippen LogP contribution in [0.25, 0.3) is 10.9 Å². The van der Waals surface area contributed by atoms with Gasteiger partial charge < -0.3 is 15.0 Å². The van der Waals surface area contributed by atoms with E-state index in [1.807, 2.05) is 24.3 Å². The van der Waals surface area contributed by atoms with E-state index in [2.05, 4.69) is 10.3 Å². The first-order valence-corrected chi connectivity index (χ1v) is 9.00. The summed E-state index contributed by atoms with van der Waals surface area (Å²) in [6.07, 6.45) is 1.77. The van der Waals surface area contributed by atoms with Crippen LogP contribution in [0.3, 0.4) is 0 Å². The van der Waals surface area contributed by atoms with Crippen LogP contribution in [0.4, 0.5) is 0 Å². The molecular formula is C16H18N2O4S. The summed E-state index contributed by atoms with van der Waals surface area (Å²) in [6, 6.07) is 7.67. The maximum absolute atomic E-state index is 11.9. The highest BCUT2D eigenvalue weighted by molar-refractivity contribution is 7.94. The standard InChI is InChI=1S/C16H18N2O4S/c1-22-14-2-3-15-12(8-14)7-13(18-15)9-17-16(19)6-11-4-5-23(20,21)10-11/h2-5,7-8,11,18H,6,9-10H2,1H3,(H,17,19)/t11-/m1/s1. The molecule has 1 atom stereocenters. The first-order valence-electron chi connectivity index (χ1n) is 7.28. The lowest BCUT2D eigenvalue weighted by Crippen LogP contribution is -2.25. The van der Waals surface area contributed by atoms with E-state index in [1.165, 1.54) is 5.41 Å². The number of hydrogen-bond donors (Lipinski definition) is 2. The zero-order chi connectivity index (χ0) is 16.4. The van der Waals surface area contributed by atoms with Crippen molar-refractivity contribution in [2.45, 2.75) is 13.0 Å². The topological polar surface area (TPSA) is 88.3 Å². The zero-order valence-corrected chi connectivity index (χ0v) is 13.5. The highest BCUT2D eigenvalue weighted by Crippen LogP contribution is 2.21. The summed E-state index contributed by atoms with van der Waals surface area (Å²) in [5, 5.41) is 5.02. The monoisotopic (exact) mass is 334 g/mol. The van der Waals surface area contributed by atoms with E-state index >= 15 is 0 Å². The number of amides is 1. The van der Waals surface area contributed by atoms with Crippen molar-refractivity contribution in [3.05, 3.63) is 41.4 Å². The van der Waals surface area contributed by atoms with Crippen molar-refractivity contribution in [3.63, 3.8) is 0 Å². The Labute approximate surface area is 134 Å². The van der Waals surface area contributed by atoms with Gasteiger partial charge in [-0.15, -0.1) is 0 Å². The summed E-state index contributed by atoms with van der Waals surface area (Å²) in [5.74, 6) is 0.411. The second-order valence-electron chi connectivity index (χ2n) is 5.65. The fourth-order valence-corrected chi connectivity index (χ4v) is 4.06. The van der Waals surface area contributed by atoms with Crippen molar-refractivity contribution in [1.29, 1.82) is 0 Å². The fourth-order valence-electron chi connectivity index (χ4n) is 2.66. The van der Waals surface area contributed by atoms with Gasteiger partial charge in [0.05, 0.1) is 19.4 Å². The fraction of sp³-hybridized carbons (Fsp3) is 0.312. The van der Waals surface area contributed by atoms with Crippen LogP contribution in [0.1, 0.15) is 12.1 Å². The van der Waals surface area contributed by atoms with Crippen molar-refractivity contribution in [2.75, 3.05) is 12.9 Å². The molecule has 1 aromatic carbocycles. The molecule has 0 saturated heterocycles. The summed E-state index contributed by atoms with van der Waals surface area (Å²) in [7, 11) is -1.49. The molecule has 2 aromatic rings. The van der Waals surface area contributed by atoms with Crippen LogP contribution in [-0.4, -0.2) is 32.2 Å². The summed E-state index contributed by atoms with van der Waals surface area (Å²) < 4.78 is 27.8. The Morgan fingerprint density at radius 2 is 2.22 bits per heavy atom. The number of ether oxygens (including phenoxy) is 1. The van der Waals surface area contributed by atoms with Crippen LogP contribution in [-0.2, 0) is 21.2 Å². The molecule has 0 radical (unpaired) electrons. The largest absolute Gasteiger partial charge is 0.497 e. The van der Waals surface area contributed by atoms with Crippen molar-refractivity contribution in [1.82, 2.24) is 10.3 Å². The van der Waals surface area contributed by atoms with Crippen LogP contribution in [0.2, 0.25) is 0 Å². The van der Waals surface area contributed by atoms with Gasteiger partial charge in [-0.3, -0.25) is 4.79 Å². The average molecular weight is 334 g/mol. The first kappa shape index (κ1) is 15.6. The molecule has 3 rings (SSSR count). The maximum Gasteiger partial charge on any atom is 0.220 e. The molecular weight excluding hydrogens is 316 g/mol. The number of benzene rings is 1. The van der Waals surface area contributed by atoms with E-state index in [0.717, 1.165) is 22.3 Å². The molecule has 2 N–H and O–H groups in total. The lowest BCUT2D eigenvalue weighted by molar-refractivity contribution is -0.121. The molecule has 2 heterocycles. The second-order valence-corrected chi connectivity index (χ2v) is 7.58. The molecule has 0 bridgehead atoms. The molecule has 1 amide bonds. The number of aromatic amines is 1. The van der Waals surface area contributed by atoms with Crippen molar-refractivity contribution in [2.24, 2.45) is 5.92 Å². The van der Waals surface area contributed by atoms with Crippen LogP contribution in [0.15, 0.2) is 35.7 Å². The van der Waals surface area contributed by atoms with E-state index in [1.54, 1.807) is 13.2 Å². The van der Waals surface area contributed by atoms with Crippen LogP contribution in [0.5, 0.6) is 5.75 Å². The summed E-state index contributed by atoms with van der Waals surface area (Å²) >= 11 is 0. The van der Waals surface area contributed by atoms with E-state index in [0.29, 0.717) is 6.54 Å². The van der Waals surface area contributed by atoms with Gasteiger partial charge in [0.2, 0.25) is 5.91 Å². The minimum Gasteiger partial charge on any atom is -0.497 e. The Hall–Kier alpha value is -2.28. The lowest BCUT2D eigenvalue weighted by atomic mass is 10.1. The molecule has 0 fully saturated rings. The number of H-pyrrole nitrogens is 1. The number of allylic oxidation sites excluding steroid dienone is 1. The number of fused-ring (bicyclic) bond motifs is 1. The van der Waals surface area contributed by atoms with Gasteiger partial charge in [0.1, 0.15) is 5.75 Å². The van der Waals surface area contributed by atoms with Gasteiger partial charge in [0.15, 0.2) is 9.84 Å². The Balaban J connectivity index is 1.58. The first-order chi connectivity index (χ1) is 10.9. The van der Waals surface area contributed by atoms with E-state index in [9.17, 15) is 13.2 Å². The molecule has 0 saturated carbocycles. The number of methoxy groups -OCH3 is 1. The van der Waals surface area contributed by atoms with Crippen molar-refractivity contribution < 1.29 is 17.9 Å². The predicted molar refractivity (Wildman–Crippen MR) is 87.7 cm³/mol. The smallest absolute Gasteiger partial charge is 0.220 e. The minimum absolute atomic E-state index is 0.0204. The predicted octanol–water partition coefficient (Wildman–Crippen LogP) is 1.74. The third-order valence-electron chi connectivity index (χ3n) is 3.81. The molecule has 1 aliphatic heterocycles. The molecule has 0 unspecified atom stereocenters. The molecule has 1 aliphatic rings. The highest BCUT2D eigenvalue weighted by Gasteiger charge is 2.23. The SMILES string of the molecule is COc1ccc2[nH]c(CNC(=O)C[C@H]3C=CS(=O)(=O)C3)cc2c1. The third-order valence-corrected chi connectivity index (χ3v) is 5.28. The Morgan fingerprint density at radius 1 is 1.39 bits per heavy atom. The second kappa shape index (κ2) is 6.08. The lowest BCUT2D eigenvalue weighted by Gasteiger charge is -2.07. The van der Waals surface area contributed by atoms with Gasteiger partial charge in [-0.25, -0.2) is 8.42 Å². The highest BCUT2D eigenvalue weighted by atomic mass is 32.2. The number of sulfone groups is 1. The number of aromatic nitrogens is 1. The number of nitrogens with one attached hydrogen (secondary N) is 2. The van der Waals surface area contributed by atoms with Crippen LogP contribution in [0, 0.1) is 5.92 Å². The van der Waals surface area contributed by atoms with Gasteiger partial charge in [0, 0.05) is 34.3 Å². The molecule has 6 nitrogen and oxygen atoms in total. The zero-order valence-electron chi connectivity index (χ0n) is 12.7. The van der Waals surface area contributed by atoms with E-state index in [4.69, 9.17) is 4.74 Å². The Bertz CT molecular complexity index is 867. The molecule has 1 aromatic heterocycles. The van der Waals surface area contributed by atoms with Crippen LogP contribution >= 0.6 is 0 Å². The van der Waals surface area contributed by atoms with Gasteiger partial charge in [0.25, 0.3) is 0 Å². The molecule has 0 aliphatic carbocycles. The maximum atomic E-state index is 11.9. The summed E-state index contributed by atoms with van der Waals surface area (Å²) in [4.78, 5) is 15.2. The Morgan fingerprint density at radius 3 is 2.91 bits per heavy atom. The normalized spacial score (nSPS) is 19.1. The molecule has 23 heavy (non-hydrogen) atoms. The van der Waals surface area contributed by atoms with Crippen molar-refractivity contribution >= 4 is 26.6 Å². The van der Waals surface area contributed by atoms with E-state index in [-0.39, 0.29) is 24.0 Å². The van der Waals surface area contributed by atoms with Gasteiger partial charge in [-0.2, -0.15) is 0 Å². The van der Waals surface area contributed by atoms with Gasteiger partial charge in [-0.05, 0) is 24.3 Å². The summed E-state index contributed by atoms with van der Waals surface area (Å²) in [5.41, 5.74) is 1.86. The Kier molecular flexibility index (Phi) is 4.12. The number of rotatable bonds is 5. The number of carbonyl (C=O) groups is 1. The minimum atomic E-state index is -3.11. The average Bonchev–Trinajstić information content (AvgIpc) is 3.06. The van der Waals surface area contributed by atoms with Crippen LogP contribution < -0.4 is 10.1 Å². The molecule has 122 valence electrons. The van der Waals surface area contributed by atoms with Gasteiger partial charge in [-0.1, -0.05) is 6.08 Å². The van der Waals surface area contributed by atoms with Gasteiger partial charge >= 0.3 is 0 Å². The number of carbonyl (C=O) groups excluding carboxylic acids is 1. The number of hydrogen-bond acceptors (Lipinski definition) is 4. The van der Waals surface area contributed by atoms with E-state index < -0.39 is 9.84 Å². The summed E-state index contributed by atoms with van der Waals surface area (Å²) in [6.45, 7) is 0.374. The molecule has 0 spiro atoms. The van der Waals surface area contributed by atoms with Crippen molar-refractivity contribution in [3.8, 4) is 5.75 Å².